The summed E-state index contributed by atoms with van der Waals surface area (Å²) >= 11 is 0. The SMILES string of the molecule is CCS(=O)(=O)Nc1cc(-c2cn(C)c(=O)c3c2ccn3S(=O)(=O)c2ccc(C)cc2)c(Oc2ccc(F)cc2F)cc1C#N. The molecule has 2 aromatic heterocycles. The van der Waals surface area contributed by atoms with Crippen molar-refractivity contribution in [2.75, 3.05) is 10.5 Å². The van der Waals surface area contributed by atoms with Gasteiger partial charge in [0.05, 0.1) is 21.9 Å². The van der Waals surface area contributed by atoms with Gasteiger partial charge < -0.3 is 9.30 Å². The van der Waals surface area contributed by atoms with Crippen LogP contribution in [-0.2, 0) is 27.1 Å². The van der Waals surface area contributed by atoms with E-state index in [0.717, 1.165) is 26.2 Å². The van der Waals surface area contributed by atoms with E-state index in [1.807, 2.05) is 6.07 Å². The number of sulfonamides is 1. The van der Waals surface area contributed by atoms with Gasteiger partial charge in [0, 0.05) is 48.1 Å². The summed E-state index contributed by atoms with van der Waals surface area (Å²) in [4.78, 5) is 13.3. The Labute approximate surface area is 251 Å². The van der Waals surface area contributed by atoms with Crippen LogP contribution in [0, 0.1) is 29.9 Å². The molecule has 5 rings (SSSR count). The number of benzene rings is 3. The van der Waals surface area contributed by atoms with Gasteiger partial charge in [0.25, 0.3) is 15.6 Å². The van der Waals surface area contributed by atoms with Crippen molar-refractivity contribution in [3.05, 3.63) is 106 Å². The molecule has 0 radical (unpaired) electrons. The van der Waals surface area contributed by atoms with E-state index in [1.165, 1.54) is 56.7 Å². The third-order valence-corrected chi connectivity index (χ3v) is 9.84. The van der Waals surface area contributed by atoms with Gasteiger partial charge in [-0.15, -0.1) is 0 Å². The van der Waals surface area contributed by atoms with Gasteiger partial charge in [-0.2, -0.15) is 5.26 Å². The number of anilines is 1. The fraction of sp³-hybridized carbons (Fsp3) is 0.133. The molecule has 0 fully saturated rings. The molecule has 0 amide bonds. The first-order valence-electron chi connectivity index (χ1n) is 13.0. The van der Waals surface area contributed by atoms with Gasteiger partial charge in [-0.3, -0.25) is 9.52 Å². The minimum Gasteiger partial charge on any atom is -0.454 e. The molecular formula is C30H24F2N4O6S2. The second kappa shape index (κ2) is 11.3. The Morgan fingerprint density at radius 3 is 2.30 bits per heavy atom. The zero-order valence-electron chi connectivity index (χ0n) is 23.5. The maximum Gasteiger partial charge on any atom is 0.275 e. The average Bonchev–Trinajstić information content (AvgIpc) is 3.44. The van der Waals surface area contributed by atoms with Crippen molar-refractivity contribution < 1.29 is 30.4 Å². The smallest absolute Gasteiger partial charge is 0.275 e. The average molecular weight is 639 g/mol. The fourth-order valence-electron chi connectivity index (χ4n) is 4.54. The summed E-state index contributed by atoms with van der Waals surface area (Å²) < 4.78 is 90.6. The Bertz CT molecular complexity index is 2270. The molecule has 0 unspecified atom stereocenters. The second-order valence-electron chi connectivity index (χ2n) is 9.84. The van der Waals surface area contributed by atoms with Gasteiger partial charge in [-0.1, -0.05) is 17.7 Å². The molecule has 0 aliphatic heterocycles. The minimum absolute atomic E-state index is 0.0569. The first kappa shape index (κ1) is 30.5. The Morgan fingerprint density at radius 1 is 0.955 bits per heavy atom. The number of nitrogens with zero attached hydrogens (tertiary/aromatic N) is 3. The summed E-state index contributed by atoms with van der Waals surface area (Å²) in [6, 6.07) is 14.4. The molecule has 14 heteroatoms. The molecule has 5 aromatic rings. The topological polar surface area (TPSA) is 140 Å². The molecule has 0 atom stereocenters. The summed E-state index contributed by atoms with van der Waals surface area (Å²) in [6.07, 6.45) is 2.59. The molecule has 0 saturated heterocycles. The molecule has 1 N–H and O–H groups in total. The molecule has 0 aliphatic rings. The zero-order chi connectivity index (χ0) is 32.0. The number of rotatable bonds is 8. The first-order chi connectivity index (χ1) is 20.8. The van der Waals surface area contributed by atoms with Gasteiger partial charge >= 0.3 is 0 Å². The number of nitrogens with one attached hydrogen (secondary N) is 1. The van der Waals surface area contributed by atoms with E-state index >= 15 is 0 Å². The van der Waals surface area contributed by atoms with Gasteiger partial charge in [0.2, 0.25) is 10.0 Å². The van der Waals surface area contributed by atoms with Crippen molar-refractivity contribution in [1.82, 2.24) is 8.54 Å². The van der Waals surface area contributed by atoms with Crippen molar-refractivity contribution in [3.8, 4) is 28.7 Å². The normalized spacial score (nSPS) is 11.8. The van der Waals surface area contributed by atoms with Crippen molar-refractivity contribution in [1.29, 1.82) is 5.26 Å². The molecule has 3 aromatic carbocycles. The van der Waals surface area contributed by atoms with Crippen LogP contribution in [0.15, 0.2) is 82.7 Å². The van der Waals surface area contributed by atoms with E-state index in [-0.39, 0.29) is 49.7 Å². The number of halogens is 2. The van der Waals surface area contributed by atoms with Crippen LogP contribution in [0.3, 0.4) is 0 Å². The predicted molar refractivity (Wildman–Crippen MR) is 161 cm³/mol. The lowest BCUT2D eigenvalue weighted by Gasteiger charge is -2.17. The van der Waals surface area contributed by atoms with Crippen LogP contribution >= 0.6 is 0 Å². The van der Waals surface area contributed by atoms with Crippen LogP contribution in [0.25, 0.3) is 22.0 Å². The molecule has 10 nitrogen and oxygen atoms in total. The maximum atomic E-state index is 14.7. The number of nitriles is 1. The highest BCUT2D eigenvalue weighted by Crippen LogP contribution is 2.41. The highest BCUT2D eigenvalue weighted by Gasteiger charge is 2.25. The van der Waals surface area contributed by atoms with E-state index in [4.69, 9.17) is 4.74 Å². The summed E-state index contributed by atoms with van der Waals surface area (Å²) in [7, 11) is -6.72. The lowest BCUT2D eigenvalue weighted by atomic mass is 10.00. The third kappa shape index (κ3) is 5.54. The summed E-state index contributed by atoms with van der Waals surface area (Å²) in [5, 5.41) is 9.96. The largest absolute Gasteiger partial charge is 0.454 e. The van der Waals surface area contributed by atoms with E-state index in [0.29, 0.717) is 6.07 Å². The molecule has 0 spiro atoms. The van der Waals surface area contributed by atoms with Crippen molar-refractivity contribution >= 4 is 36.6 Å². The van der Waals surface area contributed by atoms with Gasteiger partial charge in [-0.25, -0.2) is 29.6 Å². The molecule has 0 aliphatic carbocycles. The van der Waals surface area contributed by atoms with Crippen LogP contribution in [0.1, 0.15) is 18.1 Å². The van der Waals surface area contributed by atoms with Crippen molar-refractivity contribution in [2.45, 2.75) is 18.7 Å². The standard InChI is InChI=1S/C30H24F2N4O6S2/c1-4-43(38,39)34-26-15-23(28(13-19(26)16-33)42-27-10-7-20(31)14-25(27)32)24-17-35(3)30(37)29-22(24)11-12-36(29)44(40,41)21-8-5-18(2)6-9-21/h5-15,17,34H,4H2,1-3H3. The van der Waals surface area contributed by atoms with Gasteiger partial charge in [0.1, 0.15) is 23.2 Å². The number of aromatic nitrogens is 2. The van der Waals surface area contributed by atoms with Crippen molar-refractivity contribution in [2.24, 2.45) is 7.05 Å². The van der Waals surface area contributed by atoms with E-state index in [2.05, 4.69) is 4.72 Å². The summed E-state index contributed by atoms with van der Waals surface area (Å²) in [6.45, 7) is 3.20. The lowest BCUT2D eigenvalue weighted by molar-refractivity contribution is 0.439. The van der Waals surface area contributed by atoms with Crippen LogP contribution < -0.4 is 15.0 Å². The van der Waals surface area contributed by atoms with Crippen LogP contribution in [0.2, 0.25) is 0 Å². The Kier molecular flexibility index (Phi) is 7.79. The summed E-state index contributed by atoms with van der Waals surface area (Å²) in [5.41, 5.74) is -0.0816. The number of pyridine rings is 1. The molecule has 0 bridgehead atoms. The van der Waals surface area contributed by atoms with Crippen molar-refractivity contribution in [3.63, 3.8) is 0 Å². The maximum absolute atomic E-state index is 14.7. The molecule has 2 heterocycles. The molecular weight excluding hydrogens is 614 g/mol. The first-order valence-corrected chi connectivity index (χ1v) is 16.1. The van der Waals surface area contributed by atoms with E-state index < -0.39 is 43.0 Å². The molecule has 226 valence electrons. The number of hydrogen-bond acceptors (Lipinski definition) is 7. The number of hydrogen-bond donors (Lipinski definition) is 1. The lowest BCUT2D eigenvalue weighted by Crippen LogP contribution is -2.22. The number of ether oxygens (including phenoxy) is 1. The molecule has 0 saturated carbocycles. The third-order valence-electron chi connectivity index (χ3n) is 6.86. The van der Waals surface area contributed by atoms with Crippen LogP contribution in [0.5, 0.6) is 11.5 Å². The van der Waals surface area contributed by atoms with E-state index in [1.54, 1.807) is 19.1 Å². The second-order valence-corrected chi connectivity index (χ2v) is 13.7. The monoisotopic (exact) mass is 638 g/mol. The quantitative estimate of drug-likeness (QED) is 0.245. The summed E-state index contributed by atoms with van der Waals surface area (Å²) in [5.74, 6) is -2.77. The predicted octanol–water partition coefficient (Wildman–Crippen LogP) is 5.26. The number of fused-ring (bicyclic) bond motifs is 1. The Balaban J connectivity index is 1.81. The van der Waals surface area contributed by atoms with Gasteiger partial charge in [0.15, 0.2) is 11.6 Å². The molecule has 44 heavy (non-hydrogen) atoms. The Morgan fingerprint density at radius 2 is 1.66 bits per heavy atom. The van der Waals surface area contributed by atoms with Crippen LogP contribution in [-0.4, -0.2) is 31.1 Å². The zero-order valence-corrected chi connectivity index (χ0v) is 25.1. The minimum atomic E-state index is -4.24. The number of aryl methyl sites for hydroxylation is 2. The highest BCUT2D eigenvalue weighted by molar-refractivity contribution is 7.92. The highest BCUT2D eigenvalue weighted by atomic mass is 32.2. The van der Waals surface area contributed by atoms with Crippen LogP contribution in [0.4, 0.5) is 14.5 Å². The Hall–Kier alpha value is -5.00. The van der Waals surface area contributed by atoms with E-state index in [9.17, 15) is 35.7 Å². The fourth-order valence-corrected chi connectivity index (χ4v) is 6.53. The van der Waals surface area contributed by atoms with Gasteiger partial charge in [-0.05, 0) is 50.2 Å².